The number of carbonyl (C=O) groups is 2. The van der Waals surface area contributed by atoms with E-state index in [4.69, 9.17) is 22.2 Å². The molecule has 166 valence electrons. The quantitative estimate of drug-likeness (QED) is 0.555. The number of halogens is 4. The van der Waals surface area contributed by atoms with E-state index >= 15 is 0 Å². The monoisotopic (exact) mass is 482 g/mol. The maximum atomic E-state index is 14.2. The Kier molecular flexibility index (Phi) is 5.78. The molecule has 0 bridgehead atoms. The van der Waals surface area contributed by atoms with Gasteiger partial charge in [0, 0.05) is 11.8 Å². The molecular weight excluding hydrogens is 469 g/mol. The summed E-state index contributed by atoms with van der Waals surface area (Å²) in [5.74, 6) is -2.16. The standard InChI is InChI=1S/C20H14ClF3N4O3S/c1-7-5-11(17(23)24)26-20-13(7)15(16(32-20)18(25)29)27-19(30)12-6-10(28-31-12)14-8(21)3-2-4-9(14)22/h2-5,12,17H,6H2,1H3,(H2,25,29)(H,27,30). The van der Waals surface area contributed by atoms with Crippen LogP contribution in [0.4, 0.5) is 18.9 Å². The number of nitrogens with zero attached hydrogens (tertiary/aromatic N) is 2. The highest BCUT2D eigenvalue weighted by Gasteiger charge is 2.33. The summed E-state index contributed by atoms with van der Waals surface area (Å²) in [6.45, 7) is 1.55. The van der Waals surface area contributed by atoms with Crippen molar-refractivity contribution >= 4 is 56.4 Å². The molecule has 1 atom stereocenters. The molecule has 1 aliphatic heterocycles. The summed E-state index contributed by atoms with van der Waals surface area (Å²) in [5, 5.41) is 6.77. The van der Waals surface area contributed by atoms with Crippen LogP contribution in [0.1, 0.15) is 39.3 Å². The van der Waals surface area contributed by atoms with Crippen LogP contribution >= 0.6 is 22.9 Å². The number of alkyl halides is 2. The van der Waals surface area contributed by atoms with Gasteiger partial charge >= 0.3 is 0 Å². The molecule has 0 saturated heterocycles. The van der Waals surface area contributed by atoms with Crippen molar-refractivity contribution < 1.29 is 27.6 Å². The Balaban J connectivity index is 1.63. The van der Waals surface area contributed by atoms with E-state index in [1.54, 1.807) is 6.92 Å². The summed E-state index contributed by atoms with van der Waals surface area (Å²) in [4.78, 5) is 33.9. The molecule has 2 aromatic heterocycles. The molecule has 0 aliphatic carbocycles. The number of fused-ring (bicyclic) bond motifs is 1. The number of aryl methyl sites for hydroxylation is 1. The zero-order chi connectivity index (χ0) is 23.2. The Morgan fingerprint density at radius 3 is 2.78 bits per heavy atom. The van der Waals surface area contributed by atoms with E-state index < -0.39 is 35.9 Å². The average molecular weight is 483 g/mol. The highest BCUT2D eigenvalue weighted by molar-refractivity contribution is 7.21. The molecule has 3 aromatic rings. The van der Waals surface area contributed by atoms with Crippen molar-refractivity contribution in [2.75, 3.05) is 5.32 Å². The molecule has 0 saturated carbocycles. The first-order valence-electron chi connectivity index (χ1n) is 9.17. The molecular formula is C20H14ClF3N4O3S. The van der Waals surface area contributed by atoms with Crippen molar-refractivity contribution in [2.24, 2.45) is 10.9 Å². The van der Waals surface area contributed by atoms with Crippen molar-refractivity contribution in [1.29, 1.82) is 0 Å². The maximum Gasteiger partial charge on any atom is 0.280 e. The van der Waals surface area contributed by atoms with Gasteiger partial charge in [0.1, 0.15) is 21.2 Å². The van der Waals surface area contributed by atoms with E-state index in [0.717, 1.165) is 11.3 Å². The third-order valence-corrected chi connectivity index (χ3v) is 6.20. The smallest absolute Gasteiger partial charge is 0.280 e. The predicted octanol–water partition coefficient (Wildman–Crippen LogP) is 4.57. The average Bonchev–Trinajstić information content (AvgIpc) is 3.33. The van der Waals surface area contributed by atoms with Crippen LogP contribution in [-0.4, -0.2) is 28.6 Å². The number of benzene rings is 1. The van der Waals surface area contributed by atoms with Gasteiger partial charge in [-0.1, -0.05) is 22.8 Å². The second kappa shape index (κ2) is 8.40. The maximum absolute atomic E-state index is 14.2. The second-order valence-corrected chi connectivity index (χ2v) is 8.34. The molecule has 1 unspecified atom stereocenters. The van der Waals surface area contributed by atoms with Crippen LogP contribution in [0.5, 0.6) is 0 Å². The fraction of sp³-hybridized carbons (Fsp3) is 0.200. The van der Waals surface area contributed by atoms with Gasteiger partial charge in [-0.3, -0.25) is 9.59 Å². The topological polar surface area (TPSA) is 107 Å². The largest absolute Gasteiger partial charge is 0.382 e. The fourth-order valence-corrected chi connectivity index (χ4v) is 4.69. The molecule has 1 aromatic carbocycles. The molecule has 1 aliphatic rings. The van der Waals surface area contributed by atoms with E-state index in [9.17, 15) is 22.8 Å². The van der Waals surface area contributed by atoms with Crippen LogP contribution in [0.25, 0.3) is 10.2 Å². The van der Waals surface area contributed by atoms with E-state index in [1.807, 2.05) is 0 Å². The zero-order valence-corrected chi connectivity index (χ0v) is 17.9. The number of aromatic nitrogens is 1. The highest BCUT2D eigenvalue weighted by Crippen LogP contribution is 2.38. The normalized spacial score (nSPS) is 15.7. The molecule has 4 rings (SSSR count). The SMILES string of the molecule is Cc1cc(C(F)F)nc2sc(C(N)=O)c(NC(=O)C3CC(c4c(F)cccc4Cl)=NO3)c12. The summed E-state index contributed by atoms with van der Waals surface area (Å²) in [6.07, 6.45) is -4.01. The number of nitrogens with two attached hydrogens (primary N) is 1. The van der Waals surface area contributed by atoms with Crippen LogP contribution in [0, 0.1) is 12.7 Å². The van der Waals surface area contributed by atoms with Gasteiger partial charge in [-0.25, -0.2) is 18.2 Å². The highest BCUT2D eigenvalue weighted by atomic mass is 35.5. The van der Waals surface area contributed by atoms with Gasteiger partial charge in [0.15, 0.2) is 0 Å². The predicted molar refractivity (Wildman–Crippen MR) is 114 cm³/mol. The van der Waals surface area contributed by atoms with E-state index in [0.29, 0.717) is 10.9 Å². The van der Waals surface area contributed by atoms with Crippen LogP contribution in [0.15, 0.2) is 29.4 Å². The molecule has 32 heavy (non-hydrogen) atoms. The van der Waals surface area contributed by atoms with Crippen molar-refractivity contribution in [3.05, 3.63) is 56.8 Å². The minimum Gasteiger partial charge on any atom is -0.382 e. The summed E-state index contributed by atoms with van der Waals surface area (Å²) in [7, 11) is 0. The number of anilines is 1. The summed E-state index contributed by atoms with van der Waals surface area (Å²) in [5.41, 5.74) is 5.58. The van der Waals surface area contributed by atoms with Crippen LogP contribution < -0.4 is 11.1 Å². The van der Waals surface area contributed by atoms with Gasteiger partial charge in [0.25, 0.3) is 18.2 Å². The molecule has 0 spiro atoms. The number of hydrogen-bond acceptors (Lipinski definition) is 6. The Labute approximate surface area is 188 Å². The first-order valence-corrected chi connectivity index (χ1v) is 10.4. The van der Waals surface area contributed by atoms with Gasteiger partial charge in [0.05, 0.1) is 22.0 Å². The Morgan fingerprint density at radius 2 is 2.12 bits per heavy atom. The number of thiophene rings is 1. The molecule has 12 heteroatoms. The van der Waals surface area contributed by atoms with Gasteiger partial charge in [-0.2, -0.15) is 0 Å². The minimum atomic E-state index is -2.80. The van der Waals surface area contributed by atoms with Gasteiger partial charge < -0.3 is 15.9 Å². The number of nitrogens with one attached hydrogen (secondary N) is 1. The molecule has 2 amide bonds. The van der Waals surface area contributed by atoms with E-state index in [-0.39, 0.29) is 38.1 Å². The van der Waals surface area contributed by atoms with Crippen molar-refractivity contribution in [3.8, 4) is 0 Å². The van der Waals surface area contributed by atoms with Crippen molar-refractivity contribution in [3.63, 3.8) is 0 Å². The van der Waals surface area contributed by atoms with Gasteiger partial charge in [-0.15, -0.1) is 11.3 Å². The summed E-state index contributed by atoms with van der Waals surface area (Å²) in [6, 6.07) is 5.30. The number of pyridine rings is 1. The number of oxime groups is 1. The summed E-state index contributed by atoms with van der Waals surface area (Å²) < 4.78 is 40.4. The van der Waals surface area contributed by atoms with Gasteiger partial charge in [0.2, 0.25) is 6.10 Å². The number of carbonyl (C=O) groups excluding carboxylic acids is 2. The third-order valence-electron chi connectivity index (χ3n) is 4.79. The zero-order valence-electron chi connectivity index (χ0n) is 16.3. The molecule has 7 nitrogen and oxygen atoms in total. The molecule has 0 radical (unpaired) electrons. The van der Waals surface area contributed by atoms with Crippen molar-refractivity contribution in [2.45, 2.75) is 25.9 Å². The lowest BCUT2D eigenvalue weighted by Crippen LogP contribution is -2.29. The van der Waals surface area contributed by atoms with E-state index in [1.165, 1.54) is 24.3 Å². The Hall–Kier alpha value is -3.18. The lowest BCUT2D eigenvalue weighted by atomic mass is 10.0. The number of hydrogen-bond donors (Lipinski definition) is 2. The molecule has 3 heterocycles. The van der Waals surface area contributed by atoms with Crippen LogP contribution in [0.2, 0.25) is 5.02 Å². The fourth-order valence-electron chi connectivity index (χ4n) is 3.35. The molecule has 0 fully saturated rings. The Morgan fingerprint density at radius 1 is 1.38 bits per heavy atom. The Bertz CT molecular complexity index is 1270. The summed E-state index contributed by atoms with van der Waals surface area (Å²) >= 11 is 6.83. The van der Waals surface area contributed by atoms with Gasteiger partial charge in [-0.05, 0) is 30.7 Å². The lowest BCUT2D eigenvalue weighted by molar-refractivity contribution is -0.125. The first kappa shape index (κ1) is 22.0. The second-order valence-electron chi connectivity index (χ2n) is 6.94. The first-order chi connectivity index (χ1) is 15.2. The van der Waals surface area contributed by atoms with Crippen LogP contribution in [-0.2, 0) is 9.63 Å². The number of rotatable bonds is 5. The number of primary amides is 1. The van der Waals surface area contributed by atoms with Crippen LogP contribution in [0.3, 0.4) is 0 Å². The van der Waals surface area contributed by atoms with Crippen molar-refractivity contribution in [1.82, 2.24) is 4.98 Å². The third kappa shape index (κ3) is 3.89. The lowest BCUT2D eigenvalue weighted by Gasteiger charge is -2.11. The minimum absolute atomic E-state index is 0.0304. The van der Waals surface area contributed by atoms with E-state index in [2.05, 4.69) is 15.5 Å². The number of amides is 2. The molecule has 3 N–H and O–H groups in total.